The van der Waals surface area contributed by atoms with E-state index in [1.54, 1.807) is 31.4 Å². The van der Waals surface area contributed by atoms with Crippen LogP contribution in [0.15, 0.2) is 52.4 Å². The molecule has 1 aliphatic heterocycles. The van der Waals surface area contributed by atoms with Crippen molar-refractivity contribution in [1.82, 2.24) is 4.90 Å². The molecule has 0 spiro atoms. The second-order valence-corrected chi connectivity index (χ2v) is 7.13. The highest BCUT2D eigenvalue weighted by Crippen LogP contribution is 2.37. The molecule has 1 saturated heterocycles. The number of hydrogen-bond acceptors (Lipinski definition) is 8. The number of hydrogen-bond donors (Lipinski definition) is 1. The number of phenolic OH excluding ortho intramolecular Hbond substituents is 1. The van der Waals surface area contributed by atoms with E-state index in [2.05, 4.69) is 4.99 Å². The summed E-state index contributed by atoms with van der Waals surface area (Å²) in [4.78, 5) is 29.6. The van der Waals surface area contributed by atoms with Gasteiger partial charge < -0.3 is 14.6 Å². The van der Waals surface area contributed by atoms with Crippen molar-refractivity contribution in [3.63, 3.8) is 0 Å². The summed E-state index contributed by atoms with van der Waals surface area (Å²) in [5.41, 5.74) is 0.383. The molecular weight excluding hydrogens is 410 g/mol. The molecule has 10 heteroatoms. The molecule has 0 aromatic heterocycles. The number of amides is 1. The van der Waals surface area contributed by atoms with Crippen LogP contribution in [0, 0.1) is 10.1 Å². The molecule has 3 rings (SSSR count). The van der Waals surface area contributed by atoms with Crippen LogP contribution in [0.25, 0.3) is 6.08 Å². The maximum Gasteiger partial charge on any atom is 0.311 e. The van der Waals surface area contributed by atoms with Crippen LogP contribution in [0.5, 0.6) is 11.5 Å². The summed E-state index contributed by atoms with van der Waals surface area (Å²) >= 11 is 1.12. The minimum absolute atomic E-state index is 0.178. The number of rotatable bonds is 7. The molecule has 0 unspecified atom stereocenters. The predicted octanol–water partition coefficient (Wildman–Crippen LogP) is 3.56. The normalized spacial score (nSPS) is 16.5. The number of carbonyl (C=O) groups excluding carboxylic acids is 1. The molecule has 1 amide bonds. The van der Waals surface area contributed by atoms with Crippen LogP contribution in [-0.2, 0) is 9.53 Å². The van der Waals surface area contributed by atoms with Crippen LogP contribution >= 0.6 is 11.8 Å². The van der Waals surface area contributed by atoms with Gasteiger partial charge in [-0.05, 0) is 42.1 Å². The summed E-state index contributed by atoms with van der Waals surface area (Å²) in [6, 6.07) is 11.2. The van der Waals surface area contributed by atoms with Gasteiger partial charge in [-0.2, -0.15) is 0 Å². The van der Waals surface area contributed by atoms with Gasteiger partial charge >= 0.3 is 5.69 Å². The Morgan fingerprint density at radius 3 is 2.60 bits per heavy atom. The third-order valence-electron chi connectivity index (χ3n) is 4.23. The quantitative estimate of drug-likeness (QED) is 0.406. The minimum Gasteiger partial charge on any atom is -0.502 e. The molecule has 1 aliphatic rings. The second-order valence-electron chi connectivity index (χ2n) is 6.12. The fourth-order valence-corrected chi connectivity index (χ4v) is 3.71. The highest BCUT2D eigenvalue weighted by Gasteiger charge is 2.33. The Balaban J connectivity index is 1.96. The van der Waals surface area contributed by atoms with Crippen molar-refractivity contribution in [1.29, 1.82) is 0 Å². The molecular formula is C20H19N3O6S. The van der Waals surface area contributed by atoms with E-state index in [9.17, 15) is 20.0 Å². The van der Waals surface area contributed by atoms with Crippen LogP contribution in [0.1, 0.15) is 5.56 Å². The molecule has 2 aromatic carbocycles. The average Bonchev–Trinajstić information content (AvgIpc) is 3.02. The fourth-order valence-electron chi connectivity index (χ4n) is 2.69. The largest absolute Gasteiger partial charge is 0.502 e. The maximum atomic E-state index is 12.9. The average molecular weight is 429 g/mol. The smallest absolute Gasteiger partial charge is 0.311 e. The lowest BCUT2D eigenvalue weighted by molar-refractivity contribution is -0.385. The Kier molecular flexibility index (Phi) is 6.70. The van der Waals surface area contributed by atoms with Crippen LogP contribution in [-0.4, -0.2) is 53.4 Å². The van der Waals surface area contributed by atoms with E-state index in [0.29, 0.717) is 23.2 Å². The molecule has 0 radical (unpaired) electrons. The molecule has 156 valence electrons. The van der Waals surface area contributed by atoms with Gasteiger partial charge in [-0.1, -0.05) is 12.1 Å². The summed E-state index contributed by atoms with van der Waals surface area (Å²) in [6.07, 6.45) is 1.42. The van der Waals surface area contributed by atoms with Crippen LogP contribution in [0.4, 0.5) is 11.4 Å². The van der Waals surface area contributed by atoms with E-state index in [1.807, 2.05) is 0 Å². The van der Waals surface area contributed by atoms with E-state index < -0.39 is 16.4 Å². The van der Waals surface area contributed by atoms with Crippen molar-refractivity contribution < 1.29 is 24.3 Å². The molecule has 1 heterocycles. The second kappa shape index (κ2) is 9.42. The third-order valence-corrected chi connectivity index (χ3v) is 5.24. The summed E-state index contributed by atoms with van der Waals surface area (Å²) in [5, 5.41) is 21.7. The summed E-state index contributed by atoms with van der Waals surface area (Å²) in [5.74, 6) is -0.130. The summed E-state index contributed by atoms with van der Waals surface area (Å²) in [6.45, 7) is 0.596. The first kappa shape index (κ1) is 21.3. The lowest BCUT2D eigenvalue weighted by Crippen LogP contribution is -2.32. The first-order valence-corrected chi connectivity index (χ1v) is 9.65. The number of thioether (sulfide) groups is 1. The SMILES string of the molecule is COCCN1C(=O)/C(=C/c2cccc([N+](=O)[O-])c2O)SC1=Nc1ccc(OC)cc1. The van der Waals surface area contributed by atoms with E-state index in [4.69, 9.17) is 9.47 Å². The zero-order valence-corrected chi connectivity index (χ0v) is 17.1. The molecule has 0 bridgehead atoms. The first-order valence-electron chi connectivity index (χ1n) is 8.84. The molecule has 1 fully saturated rings. The number of nitro groups is 1. The van der Waals surface area contributed by atoms with E-state index in [1.165, 1.54) is 36.3 Å². The van der Waals surface area contributed by atoms with E-state index in [-0.39, 0.29) is 22.9 Å². The van der Waals surface area contributed by atoms with Crippen LogP contribution in [0.2, 0.25) is 0 Å². The fraction of sp³-hybridized carbons (Fsp3) is 0.200. The van der Waals surface area contributed by atoms with Crippen molar-refractivity contribution in [3.05, 3.63) is 63.0 Å². The zero-order valence-electron chi connectivity index (χ0n) is 16.3. The Morgan fingerprint density at radius 1 is 1.23 bits per heavy atom. The Labute approximate surface area is 176 Å². The van der Waals surface area contributed by atoms with Gasteiger partial charge in [0.15, 0.2) is 5.17 Å². The van der Waals surface area contributed by atoms with Gasteiger partial charge in [0.25, 0.3) is 5.91 Å². The van der Waals surface area contributed by atoms with Crippen molar-refractivity contribution in [3.8, 4) is 11.5 Å². The highest BCUT2D eigenvalue weighted by atomic mass is 32.2. The summed E-state index contributed by atoms with van der Waals surface area (Å²) < 4.78 is 10.2. The Bertz CT molecular complexity index is 1020. The molecule has 30 heavy (non-hydrogen) atoms. The Hall–Kier alpha value is -3.37. The van der Waals surface area contributed by atoms with Crippen molar-refractivity contribution in [2.45, 2.75) is 0 Å². The van der Waals surface area contributed by atoms with Gasteiger partial charge in [0.2, 0.25) is 5.75 Å². The molecule has 1 N–H and O–H groups in total. The molecule has 0 saturated carbocycles. The predicted molar refractivity (Wildman–Crippen MR) is 114 cm³/mol. The van der Waals surface area contributed by atoms with Gasteiger partial charge in [-0.25, -0.2) is 4.99 Å². The number of phenols is 1. The van der Waals surface area contributed by atoms with E-state index >= 15 is 0 Å². The molecule has 9 nitrogen and oxygen atoms in total. The van der Waals surface area contributed by atoms with Crippen molar-refractivity contribution in [2.24, 2.45) is 4.99 Å². The monoisotopic (exact) mass is 429 g/mol. The number of aliphatic imine (C=N–C) groups is 1. The lowest BCUT2D eigenvalue weighted by atomic mass is 10.1. The molecule has 0 atom stereocenters. The number of ether oxygens (including phenoxy) is 2. The lowest BCUT2D eigenvalue weighted by Gasteiger charge is -2.14. The standard InChI is InChI=1S/C20H19N3O6S/c1-28-11-10-22-19(25)17(12-13-4-3-5-16(18(13)24)23(26)27)30-20(22)21-14-6-8-15(29-2)9-7-14/h3-9,12,24H,10-11H2,1-2H3/b17-12-,21-20?. The van der Waals surface area contributed by atoms with Crippen LogP contribution in [0.3, 0.4) is 0 Å². The number of benzene rings is 2. The topological polar surface area (TPSA) is 114 Å². The summed E-state index contributed by atoms with van der Waals surface area (Å²) in [7, 11) is 3.10. The number of methoxy groups -OCH3 is 2. The number of amidine groups is 1. The van der Waals surface area contributed by atoms with Gasteiger partial charge in [-0.3, -0.25) is 19.8 Å². The number of nitrogens with zero attached hydrogens (tertiary/aromatic N) is 3. The third kappa shape index (κ3) is 4.61. The number of nitro benzene ring substituents is 1. The number of aromatic hydroxyl groups is 1. The van der Waals surface area contributed by atoms with Crippen molar-refractivity contribution >= 4 is 40.3 Å². The van der Waals surface area contributed by atoms with Crippen LogP contribution < -0.4 is 4.74 Å². The molecule has 0 aliphatic carbocycles. The zero-order chi connectivity index (χ0) is 21.7. The molecule has 2 aromatic rings. The first-order chi connectivity index (χ1) is 14.4. The Morgan fingerprint density at radius 2 is 1.97 bits per heavy atom. The van der Waals surface area contributed by atoms with Crippen molar-refractivity contribution in [2.75, 3.05) is 27.4 Å². The van der Waals surface area contributed by atoms with Gasteiger partial charge in [0.05, 0.1) is 35.8 Å². The minimum atomic E-state index is -0.678. The van der Waals surface area contributed by atoms with Gasteiger partial charge in [0, 0.05) is 18.7 Å². The highest BCUT2D eigenvalue weighted by molar-refractivity contribution is 8.18. The number of carbonyl (C=O) groups is 1. The van der Waals surface area contributed by atoms with Gasteiger partial charge in [-0.15, -0.1) is 0 Å². The van der Waals surface area contributed by atoms with Gasteiger partial charge in [0.1, 0.15) is 5.75 Å². The number of para-hydroxylation sites is 1. The van der Waals surface area contributed by atoms with E-state index in [0.717, 1.165) is 11.8 Å². The maximum absolute atomic E-state index is 12.9.